The summed E-state index contributed by atoms with van der Waals surface area (Å²) in [7, 11) is 0. The first-order valence-corrected chi connectivity index (χ1v) is 6.22. The lowest BCUT2D eigenvalue weighted by Crippen LogP contribution is -2.31. The van der Waals surface area contributed by atoms with Crippen molar-refractivity contribution in [1.29, 1.82) is 0 Å². The van der Waals surface area contributed by atoms with Crippen LogP contribution < -0.4 is 19.9 Å². The minimum atomic E-state index is -0.189. The van der Waals surface area contributed by atoms with Gasteiger partial charge in [0.1, 0.15) is 5.75 Å². The third-order valence-electron chi connectivity index (χ3n) is 3.01. The summed E-state index contributed by atoms with van der Waals surface area (Å²) in [5.74, 6) is 2.24. The number of rotatable bonds is 5. The van der Waals surface area contributed by atoms with E-state index in [2.05, 4.69) is 0 Å². The van der Waals surface area contributed by atoms with E-state index in [0.717, 1.165) is 23.7 Å². The maximum atomic E-state index is 5.67. The fraction of sp³-hybridized carbons (Fsp3) is 0.462. The van der Waals surface area contributed by atoms with Gasteiger partial charge in [-0.25, -0.2) is 0 Å². The molecule has 0 unspecified atom stereocenters. The predicted molar refractivity (Wildman–Crippen MR) is 73.2 cm³/mol. The third kappa shape index (κ3) is 2.85. The fourth-order valence-electron chi connectivity index (χ4n) is 1.51. The molecular weight excluding hydrogens is 250 g/mol. The monoisotopic (exact) mass is 267 g/mol. The Morgan fingerprint density at radius 3 is 2.83 bits per heavy atom. The number of ether oxygens (including phenoxy) is 3. The van der Waals surface area contributed by atoms with E-state index >= 15 is 0 Å². The predicted octanol–water partition coefficient (Wildman–Crippen LogP) is 2.50. The summed E-state index contributed by atoms with van der Waals surface area (Å²) >= 11 is 5.01. The van der Waals surface area contributed by atoms with Gasteiger partial charge in [-0.1, -0.05) is 26.1 Å². The van der Waals surface area contributed by atoms with Crippen LogP contribution in [0.2, 0.25) is 0 Å². The second-order valence-electron chi connectivity index (χ2n) is 4.86. The molecule has 0 atom stereocenters. The van der Waals surface area contributed by atoms with Gasteiger partial charge in [0.25, 0.3) is 0 Å². The molecule has 0 amide bonds. The van der Waals surface area contributed by atoms with E-state index in [1.807, 2.05) is 32.0 Å². The van der Waals surface area contributed by atoms with Crippen molar-refractivity contribution < 1.29 is 14.2 Å². The first kappa shape index (κ1) is 13.0. The van der Waals surface area contributed by atoms with Crippen LogP contribution in [-0.4, -0.2) is 18.4 Å². The van der Waals surface area contributed by atoms with Crippen LogP contribution >= 0.6 is 12.2 Å². The number of thiocarbonyl (C=S) groups is 1. The van der Waals surface area contributed by atoms with Gasteiger partial charge in [-0.2, -0.15) is 0 Å². The van der Waals surface area contributed by atoms with Crippen LogP contribution in [0.4, 0.5) is 0 Å². The van der Waals surface area contributed by atoms with E-state index in [9.17, 15) is 0 Å². The van der Waals surface area contributed by atoms with Crippen molar-refractivity contribution in [3.8, 4) is 17.2 Å². The molecule has 0 radical (unpaired) electrons. The van der Waals surface area contributed by atoms with E-state index in [4.69, 9.17) is 32.2 Å². The highest BCUT2D eigenvalue weighted by atomic mass is 32.1. The van der Waals surface area contributed by atoms with Crippen LogP contribution in [0.15, 0.2) is 18.2 Å². The maximum Gasteiger partial charge on any atom is 0.231 e. The lowest BCUT2D eigenvalue weighted by molar-refractivity contribution is 0.173. The summed E-state index contributed by atoms with van der Waals surface area (Å²) < 4.78 is 16.2. The average Bonchev–Trinajstić information content (AvgIpc) is 2.75. The number of nitrogens with two attached hydrogens (primary N) is 1. The Bertz CT molecular complexity index is 460. The van der Waals surface area contributed by atoms with Crippen LogP contribution in [0.25, 0.3) is 0 Å². The summed E-state index contributed by atoms with van der Waals surface area (Å²) in [6, 6.07) is 5.54. The number of fused-ring (bicyclic) bond motifs is 1. The minimum absolute atomic E-state index is 0.189. The van der Waals surface area contributed by atoms with Crippen molar-refractivity contribution in [3.05, 3.63) is 18.2 Å². The molecule has 0 aliphatic carbocycles. The van der Waals surface area contributed by atoms with E-state index in [-0.39, 0.29) is 12.2 Å². The van der Waals surface area contributed by atoms with Crippen LogP contribution in [0.1, 0.15) is 20.3 Å². The minimum Gasteiger partial charge on any atom is -0.493 e. The second-order valence-corrected chi connectivity index (χ2v) is 5.30. The van der Waals surface area contributed by atoms with Gasteiger partial charge in [0.15, 0.2) is 11.5 Å². The lowest BCUT2D eigenvalue weighted by atomic mass is 9.90. The van der Waals surface area contributed by atoms with Crippen LogP contribution in [0.3, 0.4) is 0 Å². The molecule has 1 heterocycles. The molecule has 0 bridgehead atoms. The SMILES string of the molecule is CC(C)(CCOc1ccc2c(c1)OCO2)C(N)=S. The van der Waals surface area contributed by atoms with Gasteiger partial charge in [-0.3, -0.25) is 0 Å². The molecule has 0 fully saturated rings. The van der Waals surface area contributed by atoms with Crippen molar-refractivity contribution in [1.82, 2.24) is 0 Å². The Morgan fingerprint density at radius 1 is 1.39 bits per heavy atom. The van der Waals surface area contributed by atoms with E-state index < -0.39 is 0 Å². The number of benzene rings is 1. The van der Waals surface area contributed by atoms with Crippen molar-refractivity contribution in [2.75, 3.05) is 13.4 Å². The molecule has 2 rings (SSSR count). The highest BCUT2D eigenvalue weighted by Gasteiger charge is 2.21. The van der Waals surface area contributed by atoms with Crippen molar-refractivity contribution in [3.63, 3.8) is 0 Å². The molecule has 1 aliphatic heterocycles. The molecule has 2 N–H and O–H groups in total. The largest absolute Gasteiger partial charge is 0.493 e. The fourth-order valence-corrected chi connectivity index (χ4v) is 1.62. The lowest BCUT2D eigenvalue weighted by Gasteiger charge is -2.22. The highest BCUT2D eigenvalue weighted by molar-refractivity contribution is 7.80. The topological polar surface area (TPSA) is 53.7 Å². The average molecular weight is 267 g/mol. The molecule has 0 spiro atoms. The summed E-state index contributed by atoms with van der Waals surface area (Å²) in [4.78, 5) is 0.511. The van der Waals surface area contributed by atoms with Crippen molar-refractivity contribution in [2.24, 2.45) is 11.1 Å². The van der Waals surface area contributed by atoms with Gasteiger partial charge in [0, 0.05) is 11.5 Å². The molecule has 5 heteroatoms. The molecule has 98 valence electrons. The third-order valence-corrected chi connectivity index (χ3v) is 3.56. The van der Waals surface area contributed by atoms with Gasteiger partial charge in [-0.05, 0) is 18.6 Å². The maximum absolute atomic E-state index is 5.67. The molecule has 0 saturated heterocycles. The quantitative estimate of drug-likeness (QED) is 0.831. The molecule has 1 aromatic rings. The summed E-state index contributed by atoms with van der Waals surface area (Å²) in [6.45, 7) is 4.86. The van der Waals surface area contributed by atoms with Gasteiger partial charge < -0.3 is 19.9 Å². The molecule has 0 saturated carbocycles. The number of hydrogen-bond donors (Lipinski definition) is 1. The Labute approximate surface area is 112 Å². The highest BCUT2D eigenvalue weighted by Crippen LogP contribution is 2.35. The molecular formula is C13H17NO3S. The van der Waals surface area contributed by atoms with E-state index in [1.165, 1.54) is 0 Å². The zero-order valence-corrected chi connectivity index (χ0v) is 11.4. The molecule has 1 aliphatic rings. The van der Waals surface area contributed by atoms with Crippen molar-refractivity contribution in [2.45, 2.75) is 20.3 Å². The Hall–Kier alpha value is -1.49. The van der Waals surface area contributed by atoms with E-state index in [1.54, 1.807) is 0 Å². The Kier molecular flexibility index (Phi) is 3.61. The van der Waals surface area contributed by atoms with Gasteiger partial charge in [-0.15, -0.1) is 0 Å². The molecule has 18 heavy (non-hydrogen) atoms. The number of hydrogen-bond acceptors (Lipinski definition) is 4. The molecule has 0 aromatic heterocycles. The van der Waals surface area contributed by atoms with Gasteiger partial charge in [0.05, 0.1) is 11.6 Å². The smallest absolute Gasteiger partial charge is 0.231 e. The first-order valence-electron chi connectivity index (χ1n) is 5.81. The van der Waals surface area contributed by atoms with Crippen LogP contribution in [0, 0.1) is 5.41 Å². The zero-order valence-electron chi connectivity index (χ0n) is 10.6. The molecule has 4 nitrogen and oxygen atoms in total. The van der Waals surface area contributed by atoms with Crippen LogP contribution in [-0.2, 0) is 0 Å². The van der Waals surface area contributed by atoms with Gasteiger partial charge in [0.2, 0.25) is 6.79 Å². The second kappa shape index (κ2) is 5.02. The molecule has 1 aromatic carbocycles. The normalized spacial score (nSPS) is 13.4. The Balaban J connectivity index is 1.89. The van der Waals surface area contributed by atoms with E-state index in [0.29, 0.717) is 11.6 Å². The standard InChI is InChI=1S/C13H17NO3S/c1-13(2,12(14)18)5-6-15-9-3-4-10-11(7-9)17-8-16-10/h3-4,7H,5-6,8H2,1-2H3,(H2,14,18). The summed E-state index contributed by atoms with van der Waals surface area (Å²) in [6.07, 6.45) is 0.775. The van der Waals surface area contributed by atoms with Crippen molar-refractivity contribution >= 4 is 17.2 Å². The zero-order chi connectivity index (χ0) is 13.2. The van der Waals surface area contributed by atoms with Gasteiger partial charge >= 0.3 is 0 Å². The summed E-state index contributed by atoms with van der Waals surface area (Å²) in [5, 5.41) is 0. The summed E-state index contributed by atoms with van der Waals surface area (Å²) in [5.41, 5.74) is 5.47. The van der Waals surface area contributed by atoms with Crippen LogP contribution in [0.5, 0.6) is 17.2 Å². The Morgan fingerprint density at radius 2 is 2.11 bits per heavy atom. The first-order chi connectivity index (χ1) is 8.49.